The van der Waals surface area contributed by atoms with Crippen molar-refractivity contribution in [2.45, 2.75) is 24.8 Å². The van der Waals surface area contributed by atoms with Gasteiger partial charge in [0.1, 0.15) is 12.1 Å². The molecule has 3 rings (SSSR count). The van der Waals surface area contributed by atoms with Crippen LogP contribution in [-0.2, 0) is 31.1 Å². The van der Waals surface area contributed by atoms with Crippen molar-refractivity contribution in [3.63, 3.8) is 0 Å². The van der Waals surface area contributed by atoms with Crippen LogP contribution in [0, 0.1) is 12.3 Å². The number of terminal acetylenes is 1. The minimum Gasteiger partial charge on any atom is -0.454 e. The van der Waals surface area contributed by atoms with Crippen LogP contribution in [0.1, 0.15) is 24.0 Å². The van der Waals surface area contributed by atoms with Crippen LogP contribution in [0.4, 0.5) is 4.79 Å². The third kappa shape index (κ3) is 3.49. The molecule has 2 aliphatic rings. The minimum atomic E-state index is -1.14. The highest BCUT2D eigenvalue weighted by atomic mass is 16.5. The van der Waals surface area contributed by atoms with E-state index in [1.165, 1.54) is 0 Å². The van der Waals surface area contributed by atoms with Crippen molar-refractivity contribution in [3.05, 3.63) is 35.4 Å². The summed E-state index contributed by atoms with van der Waals surface area (Å²) in [5, 5.41) is 5.10. The van der Waals surface area contributed by atoms with E-state index in [9.17, 15) is 19.2 Å². The van der Waals surface area contributed by atoms with E-state index in [0.717, 1.165) is 28.9 Å². The fraction of sp³-hybridized carbons (Fsp3) is 0.368. The number of rotatable bonds is 5. The number of hydrogen-bond acceptors (Lipinski definition) is 5. The van der Waals surface area contributed by atoms with E-state index in [1.54, 1.807) is 0 Å². The Morgan fingerprint density at radius 1 is 1.33 bits per heavy atom. The zero-order chi connectivity index (χ0) is 19.4. The summed E-state index contributed by atoms with van der Waals surface area (Å²) in [7, 11) is 0. The summed E-state index contributed by atoms with van der Waals surface area (Å²) in [6.45, 7) is -1.07. The Bertz CT molecular complexity index is 844. The zero-order valence-electron chi connectivity index (χ0n) is 14.6. The SMILES string of the molecule is C#CCNC(=O)COC(=O)CN1C(=O)N[C@@]2(CCCc3ccccc32)C1=O. The molecule has 140 valence electrons. The van der Waals surface area contributed by atoms with Crippen molar-refractivity contribution in [3.8, 4) is 12.3 Å². The lowest BCUT2D eigenvalue weighted by Crippen LogP contribution is -2.46. The van der Waals surface area contributed by atoms with Gasteiger partial charge in [-0.05, 0) is 30.4 Å². The molecule has 1 aliphatic heterocycles. The van der Waals surface area contributed by atoms with E-state index in [1.807, 2.05) is 24.3 Å². The number of carbonyl (C=O) groups excluding carboxylic acids is 4. The molecule has 1 atom stereocenters. The topological polar surface area (TPSA) is 105 Å². The predicted molar refractivity (Wildman–Crippen MR) is 94.1 cm³/mol. The summed E-state index contributed by atoms with van der Waals surface area (Å²) < 4.78 is 4.81. The number of fused-ring (bicyclic) bond motifs is 2. The number of esters is 1. The fourth-order valence-corrected chi connectivity index (χ4v) is 3.48. The molecule has 1 aromatic rings. The van der Waals surface area contributed by atoms with Gasteiger partial charge in [-0.2, -0.15) is 0 Å². The van der Waals surface area contributed by atoms with Crippen LogP contribution in [0.5, 0.6) is 0 Å². The first-order valence-corrected chi connectivity index (χ1v) is 8.56. The Labute approximate surface area is 156 Å². The predicted octanol–water partition coefficient (Wildman–Crippen LogP) is 0.0626. The molecule has 1 aliphatic carbocycles. The summed E-state index contributed by atoms with van der Waals surface area (Å²) >= 11 is 0. The number of nitrogens with zero attached hydrogens (tertiary/aromatic N) is 1. The van der Waals surface area contributed by atoms with Crippen LogP contribution in [0.3, 0.4) is 0 Å². The molecule has 8 heteroatoms. The average Bonchev–Trinajstić information content (AvgIpc) is 2.90. The zero-order valence-corrected chi connectivity index (χ0v) is 14.6. The molecule has 4 amide bonds. The van der Waals surface area contributed by atoms with E-state index in [2.05, 4.69) is 16.6 Å². The Balaban J connectivity index is 1.68. The number of nitrogens with one attached hydrogen (secondary N) is 2. The van der Waals surface area contributed by atoms with Crippen LogP contribution in [0.25, 0.3) is 0 Å². The molecule has 0 aromatic heterocycles. The summed E-state index contributed by atoms with van der Waals surface area (Å²) in [4.78, 5) is 49.6. The molecule has 0 radical (unpaired) electrons. The molecule has 27 heavy (non-hydrogen) atoms. The number of urea groups is 1. The lowest BCUT2D eigenvalue weighted by molar-refractivity contribution is -0.151. The smallest absolute Gasteiger partial charge is 0.326 e. The second kappa shape index (κ2) is 7.50. The number of carbonyl (C=O) groups is 4. The molecular weight excluding hydrogens is 350 g/mol. The summed E-state index contributed by atoms with van der Waals surface area (Å²) in [6.07, 6.45) is 7.06. The first-order chi connectivity index (χ1) is 13.0. The summed E-state index contributed by atoms with van der Waals surface area (Å²) in [5.74, 6) is 0.331. The van der Waals surface area contributed by atoms with Crippen molar-refractivity contribution >= 4 is 23.8 Å². The molecule has 2 N–H and O–H groups in total. The van der Waals surface area contributed by atoms with Crippen molar-refractivity contribution < 1.29 is 23.9 Å². The van der Waals surface area contributed by atoms with E-state index >= 15 is 0 Å². The van der Waals surface area contributed by atoms with Gasteiger partial charge in [-0.15, -0.1) is 6.42 Å². The third-order valence-corrected chi connectivity index (χ3v) is 4.69. The minimum absolute atomic E-state index is 0.0192. The normalized spacial score (nSPS) is 20.6. The van der Waals surface area contributed by atoms with Crippen LogP contribution >= 0.6 is 0 Å². The maximum atomic E-state index is 13.0. The number of amides is 4. The molecule has 1 aromatic carbocycles. The first-order valence-electron chi connectivity index (χ1n) is 8.56. The largest absolute Gasteiger partial charge is 0.454 e. The third-order valence-electron chi connectivity index (χ3n) is 4.69. The molecule has 8 nitrogen and oxygen atoms in total. The Morgan fingerprint density at radius 2 is 2.11 bits per heavy atom. The number of hydrogen-bond donors (Lipinski definition) is 2. The summed E-state index contributed by atoms with van der Waals surface area (Å²) in [6, 6.07) is 6.81. The Morgan fingerprint density at radius 3 is 2.89 bits per heavy atom. The number of imide groups is 1. The van der Waals surface area contributed by atoms with Gasteiger partial charge in [0, 0.05) is 0 Å². The van der Waals surface area contributed by atoms with E-state index in [4.69, 9.17) is 11.2 Å². The first kappa shape index (κ1) is 18.5. The lowest BCUT2D eigenvalue weighted by Gasteiger charge is -2.33. The van der Waals surface area contributed by atoms with Gasteiger partial charge >= 0.3 is 12.0 Å². The average molecular weight is 369 g/mol. The van der Waals surface area contributed by atoms with Gasteiger partial charge in [-0.3, -0.25) is 19.3 Å². The van der Waals surface area contributed by atoms with Crippen LogP contribution < -0.4 is 10.6 Å². The molecule has 1 spiro atoms. The van der Waals surface area contributed by atoms with Gasteiger partial charge in [0.25, 0.3) is 11.8 Å². The van der Waals surface area contributed by atoms with Gasteiger partial charge < -0.3 is 15.4 Å². The fourth-order valence-electron chi connectivity index (χ4n) is 3.48. The molecule has 0 unspecified atom stereocenters. The lowest BCUT2D eigenvalue weighted by atomic mass is 9.76. The van der Waals surface area contributed by atoms with Gasteiger partial charge in [-0.1, -0.05) is 30.2 Å². The highest BCUT2D eigenvalue weighted by Crippen LogP contribution is 2.39. The standard InChI is InChI=1S/C19H19N3O5/c1-2-10-20-15(23)12-27-16(24)11-22-17(25)19(21-18(22)26)9-5-7-13-6-3-4-8-14(13)19/h1,3-4,6,8H,5,7,9-12H2,(H,20,23)(H,21,26)/t19-/m1/s1. The quantitative estimate of drug-likeness (QED) is 0.434. The van der Waals surface area contributed by atoms with E-state index < -0.39 is 42.5 Å². The highest BCUT2D eigenvalue weighted by molar-refractivity contribution is 6.09. The monoisotopic (exact) mass is 369 g/mol. The second-order valence-corrected chi connectivity index (χ2v) is 6.38. The van der Waals surface area contributed by atoms with Crippen molar-refractivity contribution in [2.75, 3.05) is 19.7 Å². The van der Waals surface area contributed by atoms with Crippen molar-refractivity contribution in [1.82, 2.24) is 15.5 Å². The van der Waals surface area contributed by atoms with Crippen LogP contribution in [-0.4, -0.2) is 48.4 Å². The van der Waals surface area contributed by atoms with Crippen molar-refractivity contribution in [1.29, 1.82) is 0 Å². The highest BCUT2D eigenvalue weighted by Gasteiger charge is 2.54. The maximum absolute atomic E-state index is 13.0. The molecule has 0 bridgehead atoms. The Hall–Kier alpha value is -3.34. The molecular formula is C19H19N3O5. The molecule has 1 saturated heterocycles. The van der Waals surface area contributed by atoms with Crippen LogP contribution in [0.15, 0.2) is 24.3 Å². The van der Waals surface area contributed by atoms with Gasteiger partial charge in [-0.25, -0.2) is 4.79 Å². The number of ether oxygens (including phenoxy) is 1. The maximum Gasteiger partial charge on any atom is 0.326 e. The summed E-state index contributed by atoms with van der Waals surface area (Å²) in [5.41, 5.74) is 0.627. The van der Waals surface area contributed by atoms with Gasteiger partial charge in [0.15, 0.2) is 6.61 Å². The number of aryl methyl sites for hydroxylation is 1. The molecule has 1 heterocycles. The van der Waals surface area contributed by atoms with Gasteiger partial charge in [0.05, 0.1) is 6.54 Å². The number of benzene rings is 1. The van der Waals surface area contributed by atoms with E-state index in [-0.39, 0.29) is 6.54 Å². The molecule has 0 saturated carbocycles. The van der Waals surface area contributed by atoms with Crippen molar-refractivity contribution in [2.24, 2.45) is 0 Å². The molecule has 1 fully saturated rings. The van der Waals surface area contributed by atoms with E-state index in [0.29, 0.717) is 6.42 Å². The van der Waals surface area contributed by atoms with Gasteiger partial charge in [0.2, 0.25) is 0 Å². The van der Waals surface area contributed by atoms with Crippen LogP contribution in [0.2, 0.25) is 0 Å². The Kier molecular flexibility index (Phi) is 5.12. The second-order valence-electron chi connectivity index (χ2n) is 6.38.